The van der Waals surface area contributed by atoms with Crippen LogP contribution >= 0.6 is 12.4 Å². The molecule has 0 aromatic rings. The average Bonchev–Trinajstić information content (AvgIpc) is 2.81. The molecule has 1 aliphatic rings. The van der Waals surface area contributed by atoms with E-state index in [9.17, 15) is 4.79 Å². The van der Waals surface area contributed by atoms with Crippen LogP contribution in [-0.4, -0.2) is 29.8 Å². The van der Waals surface area contributed by atoms with Gasteiger partial charge in [-0.25, -0.2) is 0 Å². The fourth-order valence-corrected chi connectivity index (χ4v) is 1.29. The van der Waals surface area contributed by atoms with Gasteiger partial charge in [-0.15, -0.1) is 12.4 Å². The van der Waals surface area contributed by atoms with Crippen molar-refractivity contribution in [3.8, 4) is 0 Å². The molecular weight excluding hydrogens is 194 g/mol. The van der Waals surface area contributed by atoms with Gasteiger partial charge in [-0.2, -0.15) is 0 Å². The Hall–Kier alpha value is -0.320. The smallest absolute Gasteiger partial charge is 0.323 e. The minimum absolute atomic E-state index is 0. The van der Waals surface area contributed by atoms with Crippen molar-refractivity contribution in [1.82, 2.24) is 0 Å². The van der Waals surface area contributed by atoms with Gasteiger partial charge in [0.2, 0.25) is 0 Å². The average molecular weight is 210 g/mol. The summed E-state index contributed by atoms with van der Waals surface area (Å²) in [5.74, 6) is -0.601. The zero-order valence-corrected chi connectivity index (χ0v) is 8.42. The number of hydrogen-bond acceptors (Lipinski definition) is 3. The van der Waals surface area contributed by atoms with E-state index < -0.39 is 12.0 Å². The van der Waals surface area contributed by atoms with E-state index in [1.54, 1.807) is 0 Å². The molecule has 0 heterocycles. The number of carboxylic acid groups (broad SMARTS) is 1. The fraction of sp³-hybridized carbons (Fsp3) is 0.875. The maximum atomic E-state index is 10.5. The van der Waals surface area contributed by atoms with Crippen LogP contribution in [0.1, 0.15) is 19.8 Å². The lowest BCUT2D eigenvalue weighted by Crippen LogP contribution is -2.44. The number of carbonyl (C=O) groups is 1. The van der Waals surface area contributed by atoms with E-state index in [4.69, 9.17) is 15.6 Å². The summed E-state index contributed by atoms with van der Waals surface area (Å²) in [6.07, 6.45) is 1.81. The Morgan fingerprint density at radius 1 is 1.69 bits per heavy atom. The Labute approximate surface area is 83.9 Å². The molecular formula is C8H16ClNO3. The zero-order chi connectivity index (χ0) is 9.14. The second-order valence-electron chi connectivity index (χ2n) is 3.12. The maximum absolute atomic E-state index is 10.5. The lowest BCUT2D eigenvalue weighted by Gasteiger charge is -2.19. The molecule has 2 atom stereocenters. The fourth-order valence-electron chi connectivity index (χ4n) is 1.29. The number of rotatable bonds is 5. The molecule has 0 aliphatic heterocycles. The largest absolute Gasteiger partial charge is 0.480 e. The number of ether oxygens (including phenoxy) is 1. The molecule has 0 radical (unpaired) electrons. The minimum Gasteiger partial charge on any atom is -0.480 e. The molecule has 1 aliphatic carbocycles. The Morgan fingerprint density at radius 3 is 2.54 bits per heavy atom. The lowest BCUT2D eigenvalue weighted by molar-refractivity contribution is -0.142. The van der Waals surface area contributed by atoms with Crippen molar-refractivity contribution in [2.45, 2.75) is 31.9 Å². The van der Waals surface area contributed by atoms with Gasteiger partial charge in [-0.05, 0) is 25.7 Å². The van der Waals surface area contributed by atoms with Crippen LogP contribution in [0.2, 0.25) is 0 Å². The van der Waals surface area contributed by atoms with Crippen LogP contribution in [0.3, 0.4) is 0 Å². The number of hydrogen-bond donors (Lipinski definition) is 2. The van der Waals surface area contributed by atoms with Crippen molar-refractivity contribution < 1.29 is 14.6 Å². The molecule has 0 amide bonds. The van der Waals surface area contributed by atoms with Crippen molar-refractivity contribution in [3.05, 3.63) is 0 Å². The van der Waals surface area contributed by atoms with Gasteiger partial charge in [-0.3, -0.25) is 4.79 Å². The highest BCUT2D eigenvalue weighted by Crippen LogP contribution is 2.35. The van der Waals surface area contributed by atoms with E-state index in [1.165, 1.54) is 0 Å². The third-order valence-electron chi connectivity index (χ3n) is 2.08. The summed E-state index contributed by atoms with van der Waals surface area (Å²) in [6.45, 7) is 2.38. The standard InChI is InChI=1S/C8H15NO3.ClH/c1-2-12-7(5-3-4-5)6(9)8(10)11;/h5-7H,2-4,9H2,1H3,(H,10,11);1H. The van der Waals surface area contributed by atoms with Crippen LogP contribution in [0, 0.1) is 5.92 Å². The summed E-state index contributed by atoms with van der Waals surface area (Å²) in [5.41, 5.74) is 5.46. The molecule has 0 spiro atoms. The third kappa shape index (κ3) is 3.50. The van der Waals surface area contributed by atoms with Crippen molar-refractivity contribution in [3.63, 3.8) is 0 Å². The van der Waals surface area contributed by atoms with Crippen LogP contribution in [0.15, 0.2) is 0 Å². The van der Waals surface area contributed by atoms with E-state index in [2.05, 4.69) is 0 Å². The van der Waals surface area contributed by atoms with Crippen molar-refractivity contribution >= 4 is 18.4 Å². The molecule has 4 nitrogen and oxygen atoms in total. The lowest BCUT2D eigenvalue weighted by atomic mass is 10.1. The SMILES string of the molecule is CCOC(C1CC1)C(N)C(=O)O.Cl. The normalized spacial score (nSPS) is 20.2. The summed E-state index contributed by atoms with van der Waals surface area (Å²) in [6, 6.07) is -0.863. The van der Waals surface area contributed by atoms with Gasteiger partial charge in [-0.1, -0.05) is 0 Å². The van der Waals surface area contributed by atoms with Crippen LogP contribution in [0.5, 0.6) is 0 Å². The van der Waals surface area contributed by atoms with Crippen molar-refractivity contribution in [2.24, 2.45) is 11.7 Å². The van der Waals surface area contributed by atoms with Crippen LogP contribution < -0.4 is 5.73 Å². The summed E-state index contributed by atoms with van der Waals surface area (Å²) >= 11 is 0. The van der Waals surface area contributed by atoms with Gasteiger partial charge in [0.25, 0.3) is 0 Å². The number of aliphatic carboxylic acids is 1. The van der Waals surface area contributed by atoms with E-state index in [0.29, 0.717) is 12.5 Å². The van der Waals surface area contributed by atoms with Gasteiger partial charge < -0.3 is 15.6 Å². The first-order valence-electron chi connectivity index (χ1n) is 4.26. The highest BCUT2D eigenvalue weighted by molar-refractivity contribution is 5.85. The summed E-state index contributed by atoms with van der Waals surface area (Å²) in [7, 11) is 0. The summed E-state index contributed by atoms with van der Waals surface area (Å²) in [4.78, 5) is 10.5. The number of carboxylic acids is 1. The maximum Gasteiger partial charge on any atom is 0.323 e. The Kier molecular flexibility index (Phi) is 5.29. The molecule has 5 heteroatoms. The van der Waals surface area contributed by atoms with E-state index in [1.807, 2.05) is 6.92 Å². The number of nitrogens with two attached hydrogens (primary N) is 1. The van der Waals surface area contributed by atoms with E-state index >= 15 is 0 Å². The topological polar surface area (TPSA) is 72.5 Å². The monoisotopic (exact) mass is 209 g/mol. The summed E-state index contributed by atoms with van der Waals surface area (Å²) < 4.78 is 5.28. The predicted molar refractivity (Wildman–Crippen MR) is 51.0 cm³/mol. The van der Waals surface area contributed by atoms with Gasteiger partial charge in [0, 0.05) is 6.61 Å². The predicted octanol–water partition coefficient (Wildman–Crippen LogP) is 0.635. The summed E-state index contributed by atoms with van der Waals surface area (Å²) in [5, 5.41) is 8.65. The molecule has 1 fully saturated rings. The molecule has 0 saturated heterocycles. The highest BCUT2D eigenvalue weighted by Gasteiger charge is 2.38. The van der Waals surface area contributed by atoms with Gasteiger partial charge in [0.15, 0.2) is 0 Å². The molecule has 3 N–H and O–H groups in total. The van der Waals surface area contributed by atoms with Crippen molar-refractivity contribution in [1.29, 1.82) is 0 Å². The van der Waals surface area contributed by atoms with Crippen LogP contribution in [0.25, 0.3) is 0 Å². The van der Waals surface area contributed by atoms with Gasteiger partial charge in [0.1, 0.15) is 6.04 Å². The van der Waals surface area contributed by atoms with Crippen LogP contribution in [-0.2, 0) is 9.53 Å². The van der Waals surface area contributed by atoms with Gasteiger partial charge in [0.05, 0.1) is 6.10 Å². The second kappa shape index (κ2) is 5.42. The minimum atomic E-state index is -0.972. The second-order valence-corrected chi connectivity index (χ2v) is 3.12. The van der Waals surface area contributed by atoms with E-state index in [-0.39, 0.29) is 18.5 Å². The quantitative estimate of drug-likeness (QED) is 0.697. The van der Waals surface area contributed by atoms with Crippen molar-refractivity contribution in [2.75, 3.05) is 6.61 Å². The Bertz CT molecular complexity index is 173. The highest BCUT2D eigenvalue weighted by atomic mass is 35.5. The number of halogens is 1. The molecule has 1 rings (SSSR count). The third-order valence-corrected chi connectivity index (χ3v) is 2.08. The molecule has 13 heavy (non-hydrogen) atoms. The first-order chi connectivity index (χ1) is 5.66. The van der Waals surface area contributed by atoms with Crippen LogP contribution in [0.4, 0.5) is 0 Å². The van der Waals surface area contributed by atoms with Gasteiger partial charge >= 0.3 is 5.97 Å². The van der Waals surface area contributed by atoms with E-state index in [0.717, 1.165) is 12.8 Å². The first kappa shape index (κ1) is 12.7. The Morgan fingerprint density at radius 2 is 2.23 bits per heavy atom. The first-order valence-corrected chi connectivity index (χ1v) is 4.26. The Balaban J connectivity index is 0.00000144. The molecule has 78 valence electrons. The molecule has 1 saturated carbocycles. The zero-order valence-electron chi connectivity index (χ0n) is 7.60. The molecule has 2 unspecified atom stereocenters. The molecule has 0 aromatic heterocycles. The molecule has 0 aromatic carbocycles. The molecule has 0 bridgehead atoms.